The van der Waals surface area contributed by atoms with E-state index in [9.17, 15) is 10.2 Å². The van der Waals surface area contributed by atoms with Crippen molar-refractivity contribution in [3.63, 3.8) is 0 Å². The molecule has 1 rings (SSSR count). The van der Waals surface area contributed by atoms with Crippen LogP contribution in [-0.2, 0) is 4.74 Å². The van der Waals surface area contributed by atoms with Gasteiger partial charge in [0.25, 0.3) is 0 Å². The number of aliphatic hydroxyl groups is 4. The van der Waals surface area contributed by atoms with Crippen molar-refractivity contribution in [1.82, 2.24) is 0 Å². The van der Waals surface area contributed by atoms with Gasteiger partial charge in [-0.15, -0.1) is 0 Å². The maximum absolute atomic E-state index is 9.34. The molecule has 1 heterocycles. The molecule has 1 unspecified atom stereocenters. The second-order valence-corrected chi connectivity index (χ2v) is 2.98. The minimum Gasteiger partial charge on any atom is -0.396 e. The Labute approximate surface area is 70.2 Å². The molecular weight excluding hydrogens is 164 g/mol. The molecule has 4 N–H and O–H groups in total. The molecular formula is C7H14O5. The van der Waals surface area contributed by atoms with Crippen LogP contribution in [0.1, 0.15) is 0 Å². The molecule has 1 saturated heterocycles. The molecule has 1 aliphatic rings. The fourth-order valence-corrected chi connectivity index (χ4v) is 1.26. The van der Waals surface area contributed by atoms with E-state index in [1.54, 1.807) is 0 Å². The van der Waals surface area contributed by atoms with Crippen molar-refractivity contribution < 1.29 is 25.2 Å². The molecule has 4 atom stereocenters. The van der Waals surface area contributed by atoms with Gasteiger partial charge in [0, 0.05) is 5.92 Å². The summed E-state index contributed by atoms with van der Waals surface area (Å²) < 4.78 is 4.99. The van der Waals surface area contributed by atoms with Crippen molar-refractivity contribution in [3.05, 3.63) is 0 Å². The summed E-state index contributed by atoms with van der Waals surface area (Å²) in [6.45, 7) is -0.382. The molecule has 0 aliphatic carbocycles. The summed E-state index contributed by atoms with van der Waals surface area (Å²) >= 11 is 0. The maximum Gasteiger partial charge on any atom is 0.109 e. The molecule has 0 saturated carbocycles. The van der Waals surface area contributed by atoms with Crippen LogP contribution in [0.25, 0.3) is 0 Å². The number of ether oxygens (including phenoxy) is 1. The van der Waals surface area contributed by atoms with Crippen molar-refractivity contribution in [1.29, 1.82) is 0 Å². The first kappa shape index (κ1) is 9.88. The molecule has 0 aromatic rings. The van der Waals surface area contributed by atoms with E-state index >= 15 is 0 Å². The highest BCUT2D eigenvalue weighted by atomic mass is 16.5. The molecule has 72 valence electrons. The minimum atomic E-state index is -1.11. The standard InChI is InChI=1S/C7H14O5/c8-1-4-3-12-5(2-9)7(11)6(4)10/h4-11H,1-3H2/t4?,5-,6-,7+/m1/s1. The average molecular weight is 178 g/mol. The summed E-state index contributed by atoms with van der Waals surface area (Å²) in [7, 11) is 0. The van der Waals surface area contributed by atoms with Gasteiger partial charge in [0.15, 0.2) is 0 Å². The molecule has 1 fully saturated rings. The molecule has 1 aliphatic heterocycles. The van der Waals surface area contributed by atoms with Crippen molar-refractivity contribution in [3.8, 4) is 0 Å². The van der Waals surface area contributed by atoms with Gasteiger partial charge in [0.1, 0.15) is 12.2 Å². The Morgan fingerprint density at radius 3 is 2.25 bits per heavy atom. The Hall–Kier alpha value is -0.200. The summed E-state index contributed by atoms with van der Waals surface area (Å²) in [6.07, 6.45) is -2.86. The number of hydrogen-bond acceptors (Lipinski definition) is 5. The van der Waals surface area contributed by atoms with Crippen molar-refractivity contribution in [2.45, 2.75) is 18.3 Å². The van der Waals surface area contributed by atoms with E-state index in [4.69, 9.17) is 14.9 Å². The second-order valence-electron chi connectivity index (χ2n) is 2.98. The highest BCUT2D eigenvalue weighted by Gasteiger charge is 2.37. The van der Waals surface area contributed by atoms with Crippen molar-refractivity contribution >= 4 is 0 Å². The van der Waals surface area contributed by atoms with Crippen LogP contribution >= 0.6 is 0 Å². The van der Waals surface area contributed by atoms with Crippen molar-refractivity contribution in [2.75, 3.05) is 19.8 Å². The molecule has 0 amide bonds. The lowest BCUT2D eigenvalue weighted by Crippen LogP contribution is -2.52. The molecule has 0 radical (unpaired) electrons. The Balaban J connectivity index is 2.52. The fourth-order valence-electron chi connectivity index (χ4n) is 1.26. The van der Waals surface area contributed by atoms with Gasteiger partial charge in [-0.05, 0) is 0 Å². The van der Waals surface area contributed by atoms with Crippen LogP contribution in [0.3, 0.4) is 0 Å². The average Bonchev–Trinajstić information content (AvgIpc) is 2.10. The van der Waals surface area contributed by atoms with Gasteiger partial charge in [-0.25, -0.2) is 0 Å². The molecule has 0 aromatic carbocycles. The van der Waals surface area contributed by atoms with E-state index < -0.39 is 24.2 Å². The van der Waals surface area contributed by atoms with Crippen LogP contribution in [0.4, 0.5) is 0 Å². The van der Waals surface area contributed by atoms with Crippen LogP contribution in [0.2, 0.25) is 0 Å². The topological polar surface area (TPSA) is 90.2 Å². The molecule has 12 heavy (non-hydrogen) atoms. The van der Waals surface area contributed by atoms with E-state index in [1.165, 1.54) is 0 Å². The van der Waals surface area contributed by atoms with Crippen LogP contribution in [-0.4, -0.2) is 58.6 Å². The van der Waals surface area contributed by atoms with E-state index in [0.29, 0.717) is 0 Å². The van der Waals surface area contributed by atoms with Crippen LogP contribution in [0.5, 0.6) is 0 Å². The third-order valence-electron chi connectivity index (χ3n) is 2.15. The number of rotatable bonds is 2. The third-order valence-corrected chi connectivity index (χ3v) is 2.15. The predicted octanol–water partition coefficient (Wildman–Crippen LogP) is -2.29. The molecule has 0 aromatic heterocycles. The summed E-state index contributed by atoms with van der Waals surface area (Å²) in [5.74, 6) is -0.456. The van der Waals surface area contributed by atoms with Gasteiger partial charge in [0.05, 0.1) is 25.9 Å². The highest BCUT2D eigenvalue weighted by Crippen LogP contribution is 2.19. The summed E-state index contributed by atoms with van der Waals surface area (Å²) in [5.41, 5.74) is 0. The zero-order chi connectivity index (χ0) is 9.14. The molecule has 5 heteroatoms. The smallest absolute Gasteiger partial charge is 0.109 e. The van der Waals surface area contributed by atoms with Crippen LogP contribution in [0, 0.1) is 5.92 Å². The molecule has 0 bridgehead atoms. The van der Waals surface area contributed by atoms with Gasteiger partial charge in [-0.3, -0.25) is 0 Å². The zero-order valence-corrected chi connectivity index (χ0v) is 6.63. The lowest BCUT2D eigenvalue weighted by atomic mass is 9.93. The normalized spacial score (nSPS) is 43.0. The third kappa shape index (κ3) is 1.75. The minimum absolute atomic E-state index is 0.167. The Bertz CT molecular complexity index is 124. The number of hydrogen-bond donors (Lipinski definition) is 4. The lowest BCUT2D eigenvalue weighted by molar-refractivity contribution is -0.180. The first-order chi connectivity index (χ1) is 5.70. The van der Waals surface area contributed by atoms with Crippen LogP contribution in [0.15, 0.2) is 0 Å². The lowest BCUT2D eigenvalue weighted by Gasteiger charge is -2.35. The van der Waals surface area contributed by atoms with Gasteiger partial charge in [0.2, 0.25) is 0 Å². The van der Waals surface area contributed by atoms with Crippen molar-refractivity contribution in [2.24, 2.45) is 5.92 Å². The Morgan fingerprint density at radius 1 is 1.08 bits per heavy atom. The Kier molecular flexibility index (Phi) is 3.42. The summed E-state index contributed by atoms with van der Waals surface area (Å²) in [4.78, 5) is 0. The first-order valence-electron chi connectivity index (χ1n) is 3.90. The maximum atomic E-state index is 9.34. The fraction of sp³-hybridized carbons (Fsp3) is 1.00. The summed E-state index contributed by atoms with van der Waals surface area (Å²) in [5, 5.41) is 36.0. The van der Waals surface area contributed by atoms with E-state index in [-0.39, 0.29) is 19.8 Å². The van der Waals surface area contributed by atoms with Gasteiger partial charge in [-0.1, -0.05) is 0 Å². The molecule has 5 nitrogen and oxygen atoms in total. The second kappa shape index (κ2) is 4.15. The first-order valence-corrected chi connectivity index (χ1v) is 3.90. The number of aliphatic hydroxyl groups excluding tert-OH is 4. The Morgan fingerprint density at radius 2 is 1.75 bits per heavy atom. The van der Waals surface area contributed by atoms with Gasteiger partial charge < -0.3 is 25.2 Å². The van der Waals surface area contributed by atoms with E-state index in [2.05, 4.69) is 0 Å². The van der Waals surface area contributed by atoms with Crippen LogP contribution < -0.4 is 0 Å². The summed E-state index contributed by atoms with van der Waals surface area (Å²) in [6, 6.07) is 0. The van der Waals surface area contributed by atoms with E-state index in [1.807, 2.05) is 0 Å². The van der Waals surface area contributed by atoms with E-state index in [0.717, 1.165) is 0 Å². The predicted molar refractivity (Wildman–Crippen MR) is 39.4 cm³/mol. The zero-order valence-electron chi connectivity index (χ0n) is 6.63. The quantitative estimate of drug-likeness (QED) is 0.382. The largest absolute Gasteiger partial charge is 0.396 e. The highest BCUT2D eigenvalue weighted by molar-refractivity contribution is 4.85. The van der Waals surface area contributed by atoms with Gasteiger partial charge >= 0.3 is 0 Å². The van der Waals surface area contributed by atoms with Gasteiger partial charge in [-0.2, -0.15) is 0 Å². The SMILES string of the molecule is OCC1CO[C@H](CO)[C@H](O)[C@@H]1O. The molecule has 0 spiro atoms. The monoisotopic (exact) mass is 178 g/mol.